The number of pyridine rings is 2. The average molecular weight is 471 g/mol. The number of phenols is 1. The molecule has 2 amide bonds. The molecule has 0 saturated heterocycles. The van der Waals surface area contributed by atoms with E-state index < -0.39 is 11.6 Å². The summed E-state index contributed by atoms with van der Waals surface area (Å²) in [6, 6.07) is 15.7. The molecule has 0 aliphatic heterocycles. The summed E-state index contributed by atoms with van der Waals surface area (Å²) in [7, 11) is 1.62. The molecule has 4 rings (SSSR count). The molecule has 0 fully saturated rings. The van der Waals surface area contributed by atoms with Crippen LogP contribution in [-0.2, 0) is 7.05 Å². The van der Waals surface area contributed by atoms with Gasteiger partial charge in [-0.3, -0.25) is 9.36 Å². The maximum atomic E-state index is 13.4. The van der Waals surface area contributed by atoms with Gasteiger partial charge in [-0.1, -0.05) is 58.0 Å². The molecule has 0 aliphatic rings. The standard InChI is InChI=1S/C28H30N4O3/c1-16(2)20-11-7-12-21(17(3)4)24(20)30-28(35)31-25-23(18-9-6-10-19(33)15-18)22-13-8-14-29-26(22)32(5)27(25)34/h6-17,33H,1-5H3,(H2,30,31,35). The van der Waals surface area contributed by atoms with Crippen molar-refractivity contribution in [2.45, 2.75) is 39.5 Å². The number of benzene rings is 2. The predicted molar refractivity (Wildman–Crippen MR) is 141 cm³/mol. The Bertz CT molecular complexity index is 1450. The molecule has 0 bridgehead atoms. The average Bonchev–Trinajstić information content (AvgIpc) is 2.82. The number of hydrogen-bond donors (Lipinski definition) is 3. The van der Waals surface area contributed by atoms with Gasteiger partial charge in [0.25, 0.3) is 5.56 Å². The lowest BCUT2D eigenvalue weighted by Gasteiger charge is -2.21. The van der Waals surface area contributed by atoms with E-state index in [1.807, 2.05) is 24.3 Å². The van der Waals surface area contributed by atoms with Crippen molar-refractivity contribution in [2.24, 2.45) is 7.05 Å². The number of nitrogens with zero attached hydrogens (tertiary/aromatic N) is 2. The summed E-state index contributed by atoms with van der Waals surface area (Å²) in [5.74, 6) is 0.459. The van der Waals surface area contributed by atoms with Gasteiger partial charge in [-0.25, -0.2) is 9.78 Å². The summed E-state index contributed by atoms with van der Waals surface area (Å²) < 4.78 is 1.42. The highest BCUT2D eigenvalue weighted by Crippen LogP contribution is 2.35. The number of amides is 2. The summed E-state index contributed by atoms with van der Waals surface area (Å²) >= 11 is 0. The van der Waals surface area contributed by atoms with E-state index in [0.29, 0.717) is 22.2 Å². The van der Waals surface area contributed by atoms with Crippen LogP contribution in [0.3, 0.4) is 0 Å². The van der Waals surface area contributed by atoms with E-state index in [1.165, 1.54) is 4.57 Å². The molecule has 180 valence electrons. The number of phenolic OH excluding ortho intramolecular Hbond substituents is 1. The summed E-state index contributed by atoms with van der Waals surface area (Å²) in [6.07, 6.45) is 1.62. The number of para-hydroxylation sites is 1. The number of carbonyl (C=O) groups is 1. The second-order valence-corrected chi connectivity index (χ2v) is 9.24. The van der Waals surface area contributed by atoms with Crippen LogP contribution in [0, 0.1) is 0 Å². The zero-order chi connectivity index (χ0) is 25.3. The zero-order valence-electron chi connectivity index (χ0n) is 20.6. The molecule has 0 saturated carbocycles. The van der Waals surface area contributed by atoms with Crippen molar-refractivity contribution in [1.29, 1.82) is 0 Å². The predicted octanol–water partition coefficient (Wildman–Crippen LogP) is 6.20. The van der Waals surface area contributed by atoms with Gasteiger partial charge in [0.05, 0.1) is 0 Å². The maximum absolute atomic E-state index is 13.4. The largest absolute Gasteiger partial charge is 0.508 e. The van der Waals surface area contributed by atoms with Crippen LogP contribution in [0.25, 0.3) is 22.2 Å². The number of nitrogens with one attached hydrogen (secondary N) is 2. The lowest BCUT2D eigenvalue weighted by molar-refractivity contribution is 0.262. The number of hydrogen-bond acceptors (Lipinski definition) is 4. The molecule has 2 heterocycles. The zero-order valence-corrected chi connectivity index (χ0v) is 20.6. The Morgan fingerprint density at radius 1 is 0.914 bits per heavy atom. The van der Waals surface area contributed by atoms with Crippen molar-refractivity contribution in [1.82, 2.24) is 9.55 Å². The van der Waals surface area contributed by atoms with Gasteiger partial charge in [-0.15, -0.1) is 0 Å². The number of aromatic nitrogens is 2. The number of aromatic hydroxyl groups is 1. The van der Waals surface area contributed by atoms with Gasteiger partial charge in [0.1, 0.15) is 17.1 Å². The third kappa shape index (κ3) is 4.62. The van der Waals surface area contributed by atoms with Crippen molar-refractivity contribution < 1.29 is 9.90 Å². The minimum atomic E-state index is -0.512. The first-order valence-corrected chi connectivity index (χ1v) is 11.7. The molecule has 4 aromatic rings. The summed E-state index contributed by atoms with van der Waals surface area (Å²) in [5.41, 5.74) is 4.10. The monoisotopic (exact) mass is 470 g/mol. The van der Waals surface area contributed by atoms with Gasteiger partial charge >= 0.3 is 6.03 Å². The van der Waals surface area contributed by atoms with Gasteiger partial charge in [-0.05, 0) is 52.8 Å². The molecular weight excluding hydrogens is 440 g/mol. The number of rotatable bonds is 5. The molecule has 7 heteroatoms. The quantitative estimate of drug-likeness (QED) is 0.324. The number of fused-ring (bicyclic) bond motifs is 1. The van der Waals surface area contributed by atoms with E-state index in [2.05, 4.69) is 43.3 Å². The first kappa shape index (κ1) is 24.0. The SMILES string of the molecule is CC(C)c1cccc(C(C)C)c1NC(=O)Nc1c(-c2cccc(O)c2)c2cccnc2n(C)c1=O. The van der Waals surface area contributed by atoms with Crippen molar-refractivity contribution >= 4 is 28.4 Å². The highest BCUT2D eigenvalue weighted by molar-refractivity contribution is 6.07. The van der Waals surface area contributed by atoms with Gasteiger partial charge in [-0.2, -0.15) is 0 Å². The molecule has 0 atom stereocenters. The molecule has 0 unspecified atom stereocenters. The highest BCUT2D eigenvalue weighted by Gasteiger charge is 2.21. The third-order valence-corrected chi connectivity index (χ3v) is 6.13. The van der Waals surface area contributed by atoms with Crippen LogP contribution in [0.2, 0.25) is 0 Å². The minimum Gasteiger partial charge on any atom is -0.508 e. The number of carbonyl (C=O) groups excluding carboxylic acids is 1. The van der Waals surface area contributed by atoms with E-state index in [4.69, 9.17) is 0 Å². The van der Waals surface area contributed by atoms with Gasteiger partial charge < -0.3 is 15.7 Å². The van der Waals surface area contributed by atoms with Crippen LogP contribution < -0.4 is 16.2 Å². The maximum Gasteiger partial charge on any atom is 0.323 e. The molecule has 0 radical (unpaired) electrons. The Hall–Kier alpha value is -4.13. The number of anilines is 2. The lowest BCUT2D eigenvalue weighted by Crippen LogP contribution is -2.29. The molecule has 7 nitrogen and oxygen atoms in total. The van der Waals surface area contributed by atoms with Crippen molar-refractivity contribution in [3.8, 4) is 16.9 Å². The van der Waals surface area contributed by atoms with Crippen molar-refractivity contribution in [3.63, 3.8) is 0 Å². The van der Waals surface area contributed by atoms with Gasteiger partial charge in [0.15, 0.2) is 0 Å². The number of urea groups is 1. The van der Waals surface area contributed by atoms with E-state index in [9.17, 15) is 14.7 Å². The molecule has 3 N–H and O–H groups in total. The van der Waals surface area contributed by atoms with Gasteiger partial charge in [0, 0.05) is 29.9 Å². The van der Waals surface area contributed by atoms with Crippen LogP contribution in [0.15, 0.2) is 65.6 Å². The third-order valence-electron chi connectivity index (χ3n) is 6.13. The summed E-state index contributed by atoms with van der Waals surface area (Å²) in [4.78, 5) is 31.1. The Kier molecular flexibility index (Phi) is 6.60. The van der Waals surface area contributed by atoms with Crippen LogP contribution in [-0.4, -0.2) is 20.7 Å². The molecule has 35 heavy (non-hydrogen) atoms. The van der Waals surface area contributed by atoms with Crippen LogP contribution >= 0.6 is 0 Å². The summed E-state index contributed by atoms with van der Waals surface area (Å²) in [5, 5.41) is 16.6. The molecule has 0 spiro atoms. The van der Waals surface area contributed by atoms with E-state index >= 15 is 0 Å². The minimum absolute atomic E-state index is 0.0584. The molecular formula is C28H30N4O3. The Morgan fingerprint density at radius 3 is 2.17 bits per heavy atom. The first-order valence-electron chi connectivity index (χ1n) is 11.7. The molecule has 2 aromatic heterocycles. The lowest BCUT2D eigenvalue weighted by atomic mass is 9.93. The fourth-order valence-electron chi connectivity index (χ4n) is 4.40. The van der Waals surface area contributed by atoms with E-state index in [0.717, 1.165) is 16.8 Å². The fraction of sp³-hybridized carbons (Fsp3) is 0.250. The highest BCUT2D eigenvalue weighted by atomic mass is 16.3. The second kappa shape index (κ2) is 9.62. The van der Waals surface area contributed by atoms with Gasteiger partial charge in [0.2, 0.25) is 0 Å². The summed E-state index contributed by atoms with van der Waals surface area (Å²) in [6.45, 7) is 8.31. The van der Waals surface area contributed by atoms with Crippen LogP contribution in [0.5, 0.6) is 5.75 Å². The van der Waals surface area contributed by atoms with Crippen molar-refractivity contribution in [3.05, 3.63) is 82.3 Å². The smallest absolute Gasteiger partial charge is 0.323 e. The van der Waals surface area contributed by atoms with E-state index in [-0.39, 0.29) is 23.3 Å². The fourth-order valence-corrected chi connectivity index (χ4v) is 4.40. The Balaban J connectivity index is 1.85. The van der Waals surface area contributed by atoms with Crippen LogP contribution in [0.1, 0.15) is 50.7 Å². The Morgan fingerprint density at radius 2 is 1.54 bits per heavy atom. The van der Waals surface area contributed by atoms with Crippen LogP contribution in [0.4, 0.5) is 16.2 Å². The molecule has 0 aliphatic carbocycles. The molecule has 2 aromatic carbocycles. The number of aryl methyl sites for hydroxylation is 1. The van der Waals surface area contributed by atoms with E-state index in [1.54, 1.807) is 43.6 Å². The topological polar surface area (TPSA) is 96.2 Å². The first-order chi connectivity index (χ1) is 16.7. The Labute approximate surface area is 204 Å². The normalized spacial score (nSPS) is 11.3. The van der Waals surface area contributed by atoms with Crippen molar-refractivity contribution in [2.75, 3.05) is 10.6 Å². The second-order valence-electron chi connectivity index (χ2n) is 9.24.